The van der Waals surface area contributed by atoms with Crippen molar-refractivity contribution in [2.75, 3.05) is 7.11 Å². The summed E-state index contributed by atoms with van der Waals surface area (Å²) in [6.45, 7) is 0.369. The molecule has 0 unspecified atom stereocenters. The van der Waals surface area contributed by atoms with E-state index < -0.39 is 6.03 Å². The summed E-state index contributed by atoms with van der Waals surface area (Å²) in [6, 6.07) is 12.0. The molecular weight excluding hydrogens is 318 g/mol. The number of carbonyl (C=O) groups is 1. The number of halogens is 1. The Morgan fingerprint density at radius 1 is 1.30 bits per heavy atom. The third kappa shape index (κ3) is 5.19. The first kappa shape index (κ1) is 16.6. The number of carbonyl (C=O) groups excluding carboxylic acids is 1. The highest BCUT2D eigenvalue weighted by molar-refractivity contribution is 6.30. The van der Waals surface area contributed by atoms with Gasteiger partial charge >= 0.3 is 6.03 Å². The fourth-order valence-electron chi connectivity index (χ4n) is 1.84. The number of hydrogen-bond acceptors (Lipinski definition) is 4. The molecule has 2 amide bonds. The van der Waals surface area contributed by atoms with E-state index in [9.17, 15) is 4.79 Å². The Bertz CT molecular complexity index is 719. The fourth-order valence-corrected chi connectivity index (χ4v) is 2.05. The first-order chi connectivity index (χ1) is 11.1. The lowest BCUT2D eigenvalue weighted by Crippen LogP contribution is -2.24. The molecule has 23 heavy (non-hydrogen) atoms. The van der Waals surface area contributed by atoms with Gasteiger partial charge < -0.3 is 15.2 Å². The Morgan fingerprint density at radius 3 is 2.83 bits per heavy atom. The number of nitrogens with two attached hydrogens (primary N) is 1. The minimum Gasteiger partial charge on any atom is -0.493 e. The van der Waals surface area contributed by atoms with Crippen LogP contribution in [0.3, 0.4) is 0 Å². The van der Waals surface area contributed by atoms with Gasteiger partial charge in [-0.25, -0.2) is 10.2 Å². The van der Waals surface area contributed by atoms with Crippen LogP contribution in [-0.2, 0) is 6.61 Å². The van der Waals surface area contributed by atoms with Crippen LogP contribution in [0.4, 0.5) is 4.79 Å². The van der Waals surface area contributed by atoms with Gasteiger partial charge in [0, 0.05) is 5.02 Å². The van der Waals surface area contributed by atoms with Gasteiger partial charge in [-0.3, -0.25) is 0 Å². The van der Waals surface area contributed by atoms with Gasteiger partial charge in [0.2, 0.25) is 0 Å². The van der Waals surface area contributed by atoms with Crippen LogP contribution in [0.25, 0.3) is 0 Å². The molecular formula is C16H16ClN3O3. The van der Waals surface area contributed by atoms with Gasteiger partial charge in [0.25, 0.3) is 0 Å². The van der Waals surface area contributed by atoms with E-state index in [1.165, 1.54) is 6.21 Å². The Morgan fingerprint density at radius 2 is 2.13 bits per heavy atom. The van der Waals surface area contributed by atoms with E-state index in [4.69, 9.17) is 26.8 Å². The molecule has 6 nitrogen and oxygen atoms in total. The van der Waals surface area contributed by atoms with Crippen molar-refractivity contribution in [3.63, 3.8) is 0 Å². The van der Waals surface area contributed by atoms with Crippen LogP contribution in [0.15, 0.2) is 47.6 Å². The van der Waals surface area contributed by atoms with E-state index in [1.807, 2.05) is 18.2 Å². The van der Waals surface area contributed by atoms with E-state index in [0.29, 0.717) is 23.1 Å². The summed E-state index contributed by atoms with van der Waals surface area (Å²) in [5.41, 5.74) is 8.73. The molecule has 2 aromatic carbocycles. The first-order valence-corrected chi connectivity index (χ1v) is 7.10. The predicted molar refractivity (Wildman–Crippen MR) is 89.1 cm³/mol. The van der Waals surface area contributed by atoms with Crippen LogP contribution in [0.1, 0.15) is 11.1 Å². The van der Waals surface area contributed by atoms with Gasteiger partial charge in [0.05, 0.1) is 13.3 Å². The normalized spacial score (nSPS) is 10.5. The fraction of sp³-hybridized carbons (Fsp3) is 0.125. The smallest absolute Gasteiger partial charge is 0.332 e. The minimum atomic E-state index is -0.727. The Labute approximate surface area is 138 Å². The second-order valence-corrected chi connectivity index (χ2v) is 5.00. The van der Waals surface area contributed by atoms with Crippen LogP contribution in [0, 0.1) is 0 Å². The van der Waals surface area contributed by atoms with Gasteiger partial charge in [-0.05, 0) is 41.5 Å². The molecule has 0 saturated heterocycles. The summed E-state index contributed by atoms with van der Waals surface area (Å²) >= 11 is 5.94. The van der Waals surface area contributed by atoms with E-state index in [0.717, 1.165) is 11.1 Å². The lowest BCUT2D eigenvalue weighted by atomic mass is 10.2. The highest BCUT2D eigenvalue weighted by atomic mass is 35.5. The molecule has 0 aromatic heterocycles. The largest absolute Gasteiger partial charge is 0.493 e. The zero-order valence-electron chi connectivity index (χ0n) is 12.5. The van der Waals surface area contributed by atoms with Crippen LogP contribution in [0.5, 0.6) is 11.5 Å². The van der Waals surface area contributed by atoms with Gasteiger partial charge in [-0.1, -0.05) is 23.7 Å². The number of primary amides is 1. The quantitative estimate of drug-likeness (QED) is 0.629. The minimum absolute atomic E-state index is 0.369. The third-order valence-corrected chi connectivity index (χ3v) is 3.09. The molecule has 0 saturated carbocycles. The van der Waals surface area contributed by atoms with Crippen LogP contribution < -0.4 is 20.6 Å². The Kier molecular flexibility index (Phi) is 5.82. The molecule has 0 fully saturated rings. The molecule has 0 bridgehead atoms. The van der Waals surface area contributed by atoms with Crippen molar-refractivity contribution in [3.05, 3.63) is 58.6 Å². The number of nitrogens with one attached hydrogen (secondary N) is 1. The van der Waals surface area contributed by atoms with Crippen molar-refractivity contribution in [2.45, 2.75) is 6.61 Å². The molecule has 0 spiro atoms. The zero-order valence-corrected chi connectivity index (χ0v) is 13.2. The molecule has 0 heterocycles. The average Bonchev–Trinajstić information content (AvgIpc) is 2.53. The van der Waals surface area contributed by atoms with Gasteiger partial charge in [-0.2, -0.15) is 5.10 Å². The summed E-state index contributed by atoms with van der Waals surface area (Å²) < 4.78 is 11.0. The van der Waals surface area contributed by atoms with Crippen molar-refractivity contribution < 1.29 is 14.3 Å². The Hall–Kier alpha value is -2.73. The molecule has 2 rings (SSSR count). The molecule has 0 aliphatic heterocycles. The van der Waals surface area contributed by atoms with E-state index in [1.54, 1.807) is 31.4 Å². The van der Waals surface area contributed by atoms with Crippen molar-refractivity contribution in [3.8, 4) is 11.5 Å². The molecule has 120 valence electrons. The summed E-state index contributed by atoms with van der Waals surface area (Å²) in [4.78, 5) is 10.6. The molecule has 3 N–H and O–H groups in total. The van der Waals surface area contributed by atoms with Gasteiger partial charge in [0.1, 0.15) is 6.61 Å². The second-order valence-electron chi connectivity index (χ2n) is 4.56. The number of urea groups is 1. The first-order valence-electron chi connectivity index (χ1n) is 6.72. The van der Waals surface area contributed by atoms with Crippen molar-refractivity contribution in [1.29, 1.82) is 0 Å². The second kappa shape index (κ2) is 8.05. The maximum Gasteiger partial charge on any atom is 0.332 e. The average molecular weight is 334 g/mol. The summed E-state index contributed by atoms with van der Waals surface area (Å²) in [7, 11) is 1.55. The lowest BCUT2D eigenvalue weighted by molar-refractivity contribution is 0.249. The summed E-state index contributed by atoms with van der Waals surface area (Å²) in [5, 5.41) is 4.35. The SMILES string of the molecule is COc1cc(/C=N/NC(N)=O)ccc1OCc1cccc(Cl)c1. The van der Waals surface area contributed by atoms with Crippen LogP contribution in [0.2, 0.25) is 5.02 Å². The number of rotatable bonds is 6. The van der Waals surface area contributed by atoms with E-state index >= 15 is 0 Å². The number of benzene rings is 2. The van der Waals surface area contributed by atoms with Gasteiger partial charge in [-0.15, -0.1) is 0 Å². The topological polar surface area (TPSA) is 85.9 Å². The summed E-state index contributed by atoms with van der Waals surface area (Å²) in [6.07, 6.45) is 1.45. The number of nitrogens with zero attached hydrogens (tertiary/aromatic N) is 1. The lowest BCUT2D eigenvalue weighted by Gasteiger charge is -2.11. The molecule has 2 aromatic rings. The van der Waals surface area contributed by atoms with E-state index in [-0.39, 0.29) is 0 Å². The molecule has 0 atom stereocenters. The van der Waals surface area contributed by atoms with Crippen molar-refractivity contribution in [1.82, 2.24) is 5.43 Å². The van der Waals surface area contributed by atoms with Crippen LogP contribution in [-0.4, -0.2) is 19.4 Å². The molecule has 7 heteroatoms. The highest BCUT2D eigenvalue weighted by Crippen LogP contribution is 2.28. The third-order valence-electron chi connectivity index (χ3n) is 2.86. The standard InChI is InChI=1S/C16H16ClN3O3/c1-22-15-8-11(9-19-20-16(18)21)5-6-14(15)23-10-12-3-2-4-13(17)7-12/h2-9H,10H2,1H3,(H3,18,20,21)/b19-9+. The number of hydrogen-bond donors (Lipinski definition) is 2. The monoisotopic (exact) mass is 333 g/mol. The van der Waals surface area contributed by atoms with Crippen molar-refractivity contribution in [2.24, 2.45) is 10.8 Å². The predicted octanol–water partition coefficient (Wildman–Crippen LogP) is 2.93. The maximum atomic E-state index is 10.6. The molecule has 0 aliphatic carbocycles. The highest BCUT2D eigenvalue weighted by Gasteiger charge is 2.06. The Balaban J connectivity index is 2.07. The van der Waals surface area contributed by atoms with Crippen LogP contribution >= 0.6 is 11.6 Å². The molecule has 0 aliphatic rings. The summed E-state index contributed by atoms with van der Waals surface area (Å²) in [5.74, 6) is 1.14. The van der Waals surface area contributed by atoms with Gasteiger partial charge in [0.15, 0.2) is 11.5 Å². The number of methoxy groups -OCH3 is 1. The molecule has 0 radical (unpaired) electrons. The zero-order chi connectivity index (χ0) is 16.7. The van der Waals surface area contributed by atoms with Crippen molar-refractivity contribution >= 4 is 23.8 Å². The number of hydrazone groups is 1. The number of amides is 2. The van der Waals surface area contributed by atoms with E-state index in [2.05, 4.69) is 10.5 Å². The maximum absolute atomic E-state index is 10.6. The number of ether oxygens (including phenoxy) is 2.